The lowest BCUT2D eigenvalue weighted by atomic mass is 10.2. The number of benzene rings is 1. The number of halogens is 1. The lowest BCUT2D eigenvalue weighted by Crippen LogP contribution is -2.38. The summed E-state index contributed by atoms with van der Waals surface area (Å²) in [5.74, 6) is 0.919. The quantitative estimate of drug-likeness (QED) is 0.825. The first kappa shape index (κ1) is 12.7. The van der Waals surface area contributed by atoms with Crippen molar-refractivity contribution in [3.05, 3.63) is 28.8 Å². The van der Waals surface area contributed by atoms with Gasteiger partial charge in [0.05, 0.1) is 13.2 Å². The van der Waals surface area contributed by atoms with Gasteiger partial charge in [-0.25, -0.2) is 0 Å². The smallest absolute Gasteiger partial charge is 0.122 e. The summed E-state index contributed by atoms with van der Waals surface area (Å²) in [4.78, 5) is 2.36. The van der Waals surface area contributed by atoms with Crippen molar-refractivity contribution < 1.29 is 9.47 Å². The van der Waals surface area contributed by atoms with Gasteiger partial charge in [-0.2, -0.15) is 0 Å². The molecule has 0 unspecified atom stereocenters. The molecule has 17 heavy (non-hydrogen) atoms. The minimum Gasteiger partial charge on any atom is -0.492 e. The molecule has 4 heteroatoms. The zero-order valence-corrected chi connectivity index (χ0v) is 10.9. The van der Waals surface area contributed by atoms with Gasteiger partial charge in [-0.05, 0) is 30.7 Å². The van der Waals surface area contributed by atoms with E-state index >= 15 is 0 Å². The van der Waals surface area contributed by atoms with Crippen LogP contribution in [0.3, 0.4) is 0 Å². The first-order valence-corrected chi connectivity index (χ1v) is 6.32. The molecule has 1 aliphatic heterocycles. The molecule has 1 fully saturated rings. The standard InChI is InChI=1S/C13H18ClNO2/c1-11-10-12(14)2-3-13(11)17-9-6-15-4-7-16-8-5-15/h2-3,10H,4-9H2,1H3. The lowest BCUT2D eigenvalue weighted by molar-refractivity contribution is 0.0322. The van der Waals surface area contributed by atoms with Gasteiger partial charge in [0.1, 0.15) is 12.4 Å². The molecule has 0 bridgehead atoms. The van der Waals surface area contributed by atoms with Gasteiger partial charge in [-0.3, -0.25) is 4.90 Å². The molecule has 0 amide bonds. The molecule has 1 aromatic carbocycles. The Morgan fingerprint density at radius 3 is 2.82 bits per heavy atom. The highest BCUT2D eigenvalue weighted by atomic mass is 35.5. The van der Waals surface area contributed by atoms with Crippen molar-refractivity contribution in [3.63, 3.8) is 0 Å². The number of hydrogen-bond donors (Lipinski definition) is 0. The summed E-state index contributed by atoms with van der Waals surface area (Å²) in [5, 5.41) is 0.753. The minimum absolute atomic E-state index is 0.711. The van der Waals surface area contributed by atoms with E-state index in [9.17, 15) is 0 Å². The Bertz CT molecular complexity index is 364. The predicted molar refractivity (Wildman–Crippen MR) is 68.9 cm³/mol. The number of nitrogens with zero attached hydrogens (tertiary/aromatic N) is 1. The van der Waals surface area contributed by atoms with Crippen LogP contribution in [0.4, 0.5) is 0 Å². The molecule has 1 saturated heterocycles. The monoisotopic (exact) mass is 255 g/mol. The van der Waals surface area contributed by atoms with Gasteiger partial charge >= 0.3 is 0 Å². The Labute approximate surface area is 107 Å². The fourth-order valence-corrected chi connectivity index (χ4v) is 2.11. The molecule has 0 N–H and O–H groups in total. The van der Waals surface area contributed by atoms with Crippen LogP contribution < -0.4 is 4.74 Å². The number of ether oxygens (including phenoxy) is 2. The SMILES string of the molecule is Cc1cc(Cl)ccc1OCCN1CCOCC1. The second-order valence-corrected chi connectivity index (χ2v) is 4.65. The van der Waals surface area contributed by atoms with E-state index in [1.807, 2.05) is 25.1 Å². The Balaban J connectivity index is 1.77. The van der Waals surface area contributed by atoms with Crippen molar-refractivity contribution in [1.82, 2.24) is 4.90 Å². The summed E-state index contributed by atoms with van der Waals surface area (Å²) in [6.45, 7) is 7.34. The van der Waals surface area contributed by atoms with Crippen LogP contribution in [0.2, 0.25) is 5.02 Å². The van der Waals surface area contributed by atoms with Crippen molar-refractivity contribution in [2.75, 3.05) is 39.5 Å². The minimum atomic E-state index is 0.711. The van der Waals surface area contributed by atoms with Crippen LogP contribution in [0.1, 0.15) is 5.56 Å². The maximum absolute atomic E-state index is 5.90. The van der Waals surface area contributed by atoms with E-state index in [1.165, 1.54) is 0 Å². The zero-order valence-electron chi connectivity index (χ0n) is 10.1. The molecule has 2 rings (SSSR count). The van der Waals surface area contributed by atoms with Crippen molar-refractivity contribution in [2.24, 2.45) is 0 Å². The van der Waals surface area contributed by atoms with Crippen LogP contribution in [0, 0.1) is 6.92 Å². The Kier molecular flexibility index (Phi) is 4.66. The first-order valence-electron chi connectivity index (χ1n) is 5.95. The normalized spacial score (nSPS) is 17.1. The van der Waals surface area contributed by atoms with Gasteiger partial charge in [0.2, 0.25) is 0 Å². The molecular weight excluding hydrogens is 238 g/mol. The van der Waals surface area contributed by atoms with Crippen LogP contribution in [0.25, 0.3) is 0 Å². The summed E-state index contributed by atoms with van der Waals surface area (Å²) in [6.07, 6.45) is 0. The van der Waals surface area contributed by atoms with Gasteiger partial charge in [0.15, 0.2) is 0 Å². The Morgan fingerprint density at radius 2 is 2.12 bits per heavy atom. The number of hydrogen-bond acceptors (Lipinski definition) is 3. The molecule has 1 heterocycles. The molecular formula is C13H18ClNO2. The average molecular weight is 256 g/mol. The number of rotatable bonds is 4. The highest BCUT2D eigenvalue weighted by molar-refractivity contribution is 6.30. The van der Waals surface area contributed by atoms with Crippen LogP contribution in [0.5, 0.6) is 5.75 Å². The van der Waals surface area contributed by atoms with Crippen molar-refractivity contribution >= 4 is 11.6 Å². The van der Waals surface area contributed by atoms with E-state index in [-0.39, 0.29) is 0 Å². The van der Waals surface area contributed by atoms with Crippen LogP contribution in [0.15, 0.2) is 18.2 Å². The molecule has 3 nitrogen and oxygen atoms in total. The zero-order chi connectivity index (χ0) is 12.1. The largest absolute Gasteiger partial charge is 0.492 e. The fourth-order valence-electron chi connectivity index (χ4n) is 1.88. The first-order chi connectivity index (χ1) is 8.25. The molecule has 0 radical (unpaired) electrons. The summed E-state index contributed by atoms with van der Waals surface area (Å²) >= 11 is 5.90. The van der Waals surface area contributed by atoms with E-state index in [1.54, 1.807) is 0 Å². The molecule has 0 spiro atoms. The molecule has 1 aliphatic rings. The van der Waals surface area contributed by atoms with E-state index in [0.717, 1.165) is 49.2 Å². The highest BCUT2D eigenvalue weighted by Gasteiger charge is 2.10. The van der Waals surface area contributed by atoms with Gasteiger partial charge in [0, 0.05) is 24.7 Å². The van der Waals surface area contributed by atoms with E-state index in [4.69, 9.17) is 21.1 Å². The Morgan fingerprint density at radius 1 is 1.35 bits per heavy atom. The molecule has 0 saturated carbocycles. The summed E-state index contributed by atoms with van der Waals surface area (Å²) in [6, 6.07) is 5.71. The van der Waals surface area contributed by atoms with E-state index in [0.29, 0.717) is 6.61 Å². The van der Waals surface area contributed by atoms with Crippen LogP contribution in [-0.2, 0) is 4.74 Å². The molecule has 1 aromatic rings. The lowest BCUT2D eigenvalue weighted by Gasteiger charge is -2.26. The van der Waals surface area contributed by atoms with Crippen molar-refractivity contribution in [3.8, 4) is 5.75 Å². The van der Waals surface area contributed by atoms with E-state index < -0.39 is 0 Å². The predicted octanol–water partition coefficient (Wildman–Crippen LogP) is 2.36. The Hall–Kier alpha value is -0.770. The van der Waals surface area contributed by atoms with Crippen molar-refractivity contribution in [1.29, 1.82) is 0 Å². The molecule has 0 aromatic heterocycles. The highest BCUT2D eigenvalue weighted by Crippen LogP contribution is 2.21. The second kappa shape index (κ2) is 6.24. The number of morpholine rings is 1. The van der Waals surface area contributed by atoms with Gasteiger partial charge in [-0.1, -0.05) is 11.6 Å². The second-order valence-electron chi connectivity index (χ2n) is 4.21. The van der Waals surface area contributed by atoms with E-state index in [2.05, 4.69) is 4.90 Å². The molecule has 0 aliphatic carbocycles. The summed E-state index contributed by atoms with van der Waals surface area (Å²) in [7, 11) is 0. The van der Waals surface area contributed by atoms with Gasteiger partial charge in [0.25, 0.3) is 0 Å². The summed E-state index contributed by atoms with van der Waals surface area (Å²) in [5.41, 5.74) is 1.08. The van der Waals surface area contributed by atoms with Gasteiger partial charge < -0.3 is 9.47 Å². The maximum Gasteiger partial charge on any atom is 0.122 e. The van der Waals surface area contributed by atoms with Gasteiger partial charge in [-0.15, -0.1) is 0 Å². The van der Waals surface area contributed by atoms with Crippen LogP contribution >= 0.6 is 11.6 Å². The maximum atomic E-state index is 5.90. The average Bonchev–Trinajstić information content (AvgIpc) is 2.33. The third-order valence-corrected chi connectivity index (χ3v) is 3.14. The molecule has 0 atom stereocenters. The fraction of sp³-hybridized carbons (Fsp3) is 0.538. The van der Waals surface area contributed by atoms with Crippen LogP contribution in [-0.4, -0.2) is 44.4 Å². The third kappa shape index (κ3) is 3.87. The third-order valence-electron chi connectivity index (χ3n) is 2.91. The molecule has 94 valence electrons. The topological polar surface area (TPSA) is 21.7 Å². The summed E-state index contributed by atoms with van der Waals surface area (Å²) < 4.78 is 11.1. The van der Waals surface area contributed by atoms with Crippen molar-refractivity contribution in [2.45, 2.75) is 6.92 Å². The number of aryl methyl sites for hydroxylation is 1.